The molecule has 17 heavy (non-hydrogen) atoms. The SMILES string of the molecule is CC(OC1=CC=C(S(C)(=O)=O)C[CH]1)C(F)(F)F. The van der Waals surface area contributed by atoms with Gasteiger partial charge in [0.1, 0.15) is 5.76 Å². The highest BCUT2D eigenvalue weighted by molar-refractivity contribution is 7.94. The summed E-state index contributed by atoms with van der Waals surface area (Å²) in [4.78, 5) is 0.157. The molecule has 1 aliphatic carbocycles. The van der Waals surface area contributed by atoms with Crippen molar-refractivity contribution < 1.29 is 26.3 Å². The van der Waals surface area contributed by atoms with Gasteiger partial charge >= 0.3 is 6.18 Å². The summed E-state index contributed by atoms with van der Waals surface area (Å²) >= 11 is 0. The van der Waals surface area contributed by atoms with E-state index in [-0.39, 0.29) is 17.1 Å². The molecule has 1 radical (unpaired) electrons. The number of ether oxygens (including phenoxy) is 1. The standard InChI is InChI=1S/C10H12F3O3S/c1-7(10(11,12)13)16-8-3-5-9(6-4-8)17(2,14)15/h3-5,7H,6H2,1-2H3. The zero-order valence-electron chi connectivity index (χ0n) is 9.28. The summed E-state index contributed by atoms with van der Waals surface area (Å²) in [6.45, 7) is 0.893. The molecular weight excluding hydrogens is 257 g/mol. The lowest BCUT2D eigenvalue weighted by atomic mass is 10.1. The third-order valence-corrected chi connectivity index (χ3v) is 3.44. The monoisotopic (exact) mass is 269 g/mol. The molecule has 0 spiro atoms. The maximum absolute atomic E-state index is 12.2. The van der Waals surface area contributed by atoms with Crippen molar-refractivity contribution in [2.24, 2.45) is 0 Å². The van der Waals surface area contributed by atoms with Crippen LogP contribution in [-0.2, 0) is 14.6 Å². The fraction of sp³-hybridized carbons (Fsp3) is 0.500. The lowest BCUT2D eigenvalue weighted by Crippen LogP contribution is -2.28. The molecule has 0 heterocycles. The van der Waals surface area contributed by atoms with Gasteiger partial charge in [-0.15, -0.1) is 0 Å². The molecule has 0 amide bonds. The van der Waals surface area contributed by atoms with Gasteiger partial charge in [0, 0.05) is 17.6 Å². The van der Waals surface area contributed by atoms with Crippen LogP contribution in [0.4, 0.5) is 13.2 Å². The van der Waals surface area contributed by atoms with Gasteiger partial charge in [-0.3, -0.25) is 0 Å². The molecular formula is C10H12F3O3S. The Hall–Kier alpha value is -0.980. The van der Waals surface area contributed by atoms with Crippen LogP contribution in [0.15, 0.2) is 22.8 Å². The van der Waals surface area contributed by atoms with Gasteiger partial charge in [-0.25, -0.2) is 8.42 Å². The molecule has 1 atom stereocenters. The van der Waals surface area contributed by atoms with Crippen LogP contribution < -0.4 is 0 Å². The molecule has 0 N–H and O–H groups in total. The highest BCUT2D eigenvalue weighted by atomic mass is 32.2. The Morgan fingerprint density at radius 1 is 1.35 bits per heavy atom. The van der Waals surface area contributed by atoms with E-state index in [1.165, 1.54) is 18.6 Å². The fourth-order valence-corrected chi connectivity index (χ4v) is 1.85. The second-order valence-electron chi connectivity index (χ2n) is 3.68. The minimum Gasteiger partial charge on any atom is -0.485 e. The average molecular weight is 269 g/mol. The van der Waals surface area contributed by atoms with Crippen LogP contribution in [0, 0.1) is 6.42 Å². The third-order valence-electron chi connectivity index (χ3n) is 2.19. The topological polar surface area (TPSA) is 43.4 Å². The minimum atomic E-state index is -4.44. The maximum atomic E-state index is 12.2. The molecule has 1 unspecified atom stereocenters. The van der Waals surface area contributed by atoms with E-state index in [2.05, 4.69) is 4.74 Å². The minimum absolute atomic E-state index is 0.0298. The molecule has 0 saturated carbocycles. The first kappa shape index (κ1) is 14.1. The van der Waals surface area contributed by atoms with Gasteiger partial charge in [0.05, 0.1) is 0 Å². The van der Waals surface area contributed by atoms with Crippen molar-refractivity contribution in [3.8, 4) is 0 Å². The van der Waals surface area contributed by atoms with E-state index in [0.29, 0.717) is 0 Å². The Labute approximate surface area is 97.9 Å². The van der Waals surface area contributed by atoms with E-state index in [0.717, 1.165) is 13.2 Å². The van der Waals surface area contributed by atoms with Crippen LogP contribution in [0.1, 0.15) is 13.3 Å². The number of hydrogen-bond donors (Lipinski definition) is 0. The first-order valence-electron chi connectivity index (χ1n) is 4.78. The van der Waals surface area contributed by atoms with E-state index < -0.39 is 22.1 Å². The highest BCUT2D eigenvalue weighted by Crippen LogP contribution is 2.28. The zero-order valence-corrected chi connectivity index (χ0v) is 10.1. The number of allylic oxidation sites excluding steroid dienone is 4. The van der Waals surface area contributed by atoms with Gasteiger partial charge < -0.3 is 4.74 Å². The van der Waals surface area contributed by atoms with Gasteiger partial charge in [0.15, 0.2) is 15.9 Å². The Balaban J connectivity index is 2.73. The number of sulfone groups is 1. The maximum Gasteiger partial charge on any atom is 0.425 e. The molecule has 0 aromatic heterocycles. The van der Waals surface area contributed by atoms with E-state index >= 15 is 0 Å². The molecule has 1 rings (SSSR count). The fourth-order valence-electron chi connectivity index (χ4n) is 1.15. The highest BCUT2D eigenvalue weighted by Gasteiger charge is 2.38. The lowest BCUT2D eigenvalue weighted by molar-refractivity contribution is -0.202. The summed E-state index contributed by atoms with van der Waals surface area (Å²) in [5, 5.41) is 0. The molecule has 0 bridgehead atoms. The average Bonchev–Trinajstić information content (AvgIpc) is 2.15. The van der Waals surface area contributed by atoms with Crippen LogP contribution >= 0.6 is 0 Å². The van der Waals surface area contributed by atoms with Gasteiger partial charge in [-0.05, 0) is 25.5 Å². The second-order valence-corrected chi connectivity index (χ2v) is 5.75. The van der Waals surface area contributed by atoms with Gasteiger partial charge in [0.25, 0.3) is 0 Å². The molecule has 0 aliphatic heterocycles. The normalized spacial score (nSPS) is 19.4. The molecule has 3 nitrogen and oxygen atoms in total. The zero-order chi connectivity index (χ0) is 13.3. The Morgan fingerprint density at radius 2 is 1.94 bits per heavy atom. The van der Waals surface area contributed by atoms with E-state index in [9.17, 15) is 21.6 Å². The van der Waals surface area contributed by atoms with Crippen molar-refractivity contribution >= 4 is 9.84 Å². The third kappa shape index (κ3) is 4.07. The second kappa shape index (κ2) is 4.72. The molecule has 7 heteroatoms. The molecule has 0 saturated heterocycles. The van der Waals surface area contributed by atoms with E-state index in [4.69, 9.17) is 0 Å². The van der Waals surface area contributed by atoms with Crippen LogP contribution in [0.3, 0.4) is 0 Å². The van der Waals surface area contributed by atoms with Crippen LogP contribution in [-0.4, -0.2) is 27.0 Å². The lowest BCUT2D eigenvalue weighted by Gasteiger charge is -2.21. The predicted molar refractivity (Wildman–Crippen MR) is 56.5 cm³/mol. The largest absolute Gasteiger partial charge is 0.485 e. The van der Waals surface area contributed by atoms with E-state index in [1.54, 1.807) is 0 Å². The summed E-state index contributed by atoms with van der Waals surface area (Å²) in [6.07, 6.45) is -1.46. The predicted octanol–water partition coefficient (Wildman–Crippen LogP) is 2.37. The molecule has 0 aromatic carbocycles. The van der Waals surface area contributed by atoms with Crippen molar-refractivity contribution in [3.05, 3.63) is 29.2 Å². The quantitative estimate of drug-likeness (QED) is 0.790. The smallest absolute Gasteiger partial charge is 0.425 e. The number of alkyl halides is 3. The first-order chi connectivity index (χ1) is 7.60. The molecule has 1 aliphatic rings. The van der Waals surface area contributed by atoms with Crippen LogP contribution in [0.2, 0.25) is 0 Å². The summed E-state index contributed by atoms with van der Waals surface area (Å²) in [7, 11) is -3.30. The van der Waals surface area contributed by atoms with Crippen molar-refractivity contribution in [2.45, 2.75) is 25.6 Å². The van der Waals surface area contributed by atoms with E-state index in [1.807, 2.05) is 0 Å². The Kier molecular flexibility index (Phi) is 3.91. The van der Waals surface area contributed by atoms with Gasteiger partial charge in [-0.1, -0.05) is 0 Å². The van der Waals surface area contributed by atoms with Crippen molar-refractivity contribution in [1.29, 1.82) is 0 Å². The summed E-state index contributed by atoms with van der Waals surface area (Å²) in [6, 6.07) is 0. The molecule has 0 fully saturated rings. The van der Waals surface area contributed by atoms with Crippen molar-refractivity contribution in [3.63, 3.8) is 0 Å². The van der Waals surface area contributed by atoms with Gasteiger partial charge in [-0.2, -0.15) is 13.2 Å². The number of halogens is 3. The summed E-state index contributed by atoms with van der Waals surface area (Å²) in [5.41, 5.74) is 0. The van der Waals surface area contributed by atoms with Crippen LogP contribution in [0.25, 0.3) is 0 Å². The molecule has 97 valence electrons. The summed E-state index contributed by atoms with van der Waals surface area (Å²) < 4.78 is 63.5. The first-order valence-corrected chi connectivity index (χ1v) is 6.67. The number of hydrogen-bond acceptors (Lipinski definition) is 3. The Morgan fingerprint density at radius 3 is 2.29 bits per heavy atom. The van der Waals surface area contributed by atoms with Crippen molar-refractivity contribution in [1.82, 2.24) is 0 Å². The number of rotatable bonds is 3. The van der Waals surface area contributed by atoms with Crippen molar-refractivity contribution in [2.75, 3.05) is 6.26 Å². The summed E-state index contributed by atoms with van der Waals surface area (Å²) in [5.74, 6) is 0.0298. The Bertz CT molecular complexity index is 446. The van der Waals surface area contributed by atoms with Gasteiger partial charge in [0.2, 0.25) is 0 Å². The molecule has 0 aromatic rings. The van der Waals surface area contributed by atoms with Crippen LogP contribution in [0.5, 0.6) is 0 Å².